The molecule has 17 heavy (non-hydrogen) atoms. The quantitative estimate of drug-likeness (QED) is 0.826. The Kier molecular flexibility index (Phi) is 2.75. The van der Waals surface area contributed by atoms with Crippen LogP contribution in [0.1, 0.15) is 5.69 Å². The Morgan fingerprint density at radius 1 is 1.06 bits per heavy atom. The van der Waals surface area contributed by atoms with Crippen LogP contribution in [0, 0.1) is 0 Å². The molecule has 0 spiro atoms. The van der Waals surface area contributed by atoms with Crippen LogP contribution in [0.4, 0.5) is 13.2 Å². The minimum absolute atomic E-state index is 0.0631. The number of phenols is 1. The highest BCUT2D eigenvalue weighted by Gasteiger charge is 2.32. The molecule has 0 fully saturated rings. The van der Waals surface area contributed by atoms with Crippen molar-refractivity contribution in [1.29, 1.82) is 0 Å². The normalized spacial score (nSPS) is 11.5. The number of alkyl halides is 3. The van der Waals surface area contributed by atoms with Crippen LogP contribution in [0.2, 0.25) is 0 Å². The van der Waals surface area contributed by atoms with E-state index < -0.39 is 11.9 Å². The molecule has 0 aliphatic rings. The van der Waals surface area contributed by atoms with Crippen LogP contribution in [-0.2, 0) is 6.18 Å². The molecule has 0 unspecified atom stereocenters. The lowest BCUT2D eigenvalue weighted by Gasteiger charge is -2.08. The van der Waals surface area contributed by atoms with Crippen LogP contribution in [0.15, 0.2) is 42.6 Å². The third-order valence-electron chi connectivity index (χ3n) is 2.27. The zero-order chi connectivity index (χ0) is 12.5. The molecule has 1 aromatic carbocycles. The summed E-state index contributed by atoms with van der Waals surface area (Å²) >= 11 is 0. The summed E-state index contributed by atoms with van der Waals surface area (Å²) in [5.41, 5.74) is -0.343. The summed E-state index contributed by atoms with van der Waals surface area (Å²) in [5.74, 6) is -0.0631. The minimum Gasteiger partial charge on any atom is -0.507 e. The van der Waals surface area contributed by atoms with E-state index in [-0.39, 0.29) is 11.3 Å². The van der Waals surface area contributed by atoms with Gasteiger partial charge < -0.3 is 5.11 Å². The number of para-hydroxylation sites is 1. The number of hydrogen-bond donors (Lipinski definition) is 1. The molecule has 0 saturated carbocycles. The molecule has 1 aromatic heterocycles. The number of aromatic nitrogens is 1. The largest absolute Gasteiger partial charge is 0.507 e. The van der Waals surface area contributed by atoms with E-state index in [2.05, 4.69) is 4.98 Å². The third kappa shape index (κ3) is 2.38. The van der Waals surface area contributed by atoms with E-state index in [1.165, 1.54) is 12.1 Å². The second kappa shape index (κ2) is 4.08. The van der Waals surface area contributed by atoms with E-state index in [0.29, 0.717) is 5.56 Å². The van der Waals surface area contributed by atoms with Crippen molar-refractivity contribution >= 4 is 0 Å². The first-order valence-corrected chi connectivity index (χ1v) is 4.80. The summed E-state index contributed by atoms with van der Waals surface area (Å²) in [6, 6.07) is 8.54. The molecular formula is C12H8F3NO. The molecular weight excluding hydrogens is 231 g/mol. The smallest absolute Gasteiger partial charge is 0.433 e. The van der Waals surface area contributed by atoms with Crippen LogP contribution in [0.3, 0.4) is 0 Å². The standard InChI is InChI=1S/C12H8F3NO/c13-12(14,15)11-7-8(5-6-16-11)9-3-1-2-4-10(9)17/h1-7,17H. The van der Waals surface area contributed by atoms with Crippen molar-refractivity contribution < 1.29 is 18.3 Å². The average molecular weight is 239 g/mol. The first-order valence-electron chi connectivity index (χ1n) is 4.80. The number of hydrogen-bond acceptors (Lipinski definition) is 2. The Morgan fingerprint density at radius 3 is 2.41 bits per heavy atom. The SMILES string of the molecule is Oc1ccccc1-c1ccnc(C(F)(F)F)c1. The predicted molar refractivity (Wildman–Crippen MR) is 56.3 cm³/mol. The van der Waals surface area contributed by atoms with Crippen LogP contribution >= 0.6 is 0 Å². The fraction of sp³-hybridized carbons (Fsp3) is 0.0833. The maximum absolute atomic E-state index is 12.5. The second-order valence-corrected chi connectivity index (χ2v) is 3.44. The van der Waals surface area contributed by atoms with Crippen molar-refractivity contribution in [2.24, 2.45) is 0 Å². The number of halogens is 3. The average Bonchev–Trinajstić information content (AvgIpc) is 2.29. The van der Waals surface area contributed by atoms with E-state index >= 15 is 0 Å². The van der Waals surface area contributed by atoms with Gasteiger partial charge in [-0.1, -0.05) is 18.2 Å². The molecule has 0 radical (unpaired) electrons. The lowest BCUT2D eigenvalue weighted by molar-refractivity contribution is -0.141. The van der Waals surface area contributed by atoms with E-state index in [1.807, 2.05) is 0 Å². The first kappa shape index (κ1) is 11.4. The molecule has 0 aliphatic heterocycles. The number of benzene rings is 1. The Bertz CT molecular complexity index is 537. The molecule has 0 aliphatic carbocycles. The summed E-state index contributed by atoms with van der Waals surface area (Å²) in [7, 11) is 0. The van der Waals surface area contributed by atoms with Crippen molar-refractivity contribution in [2.45, 2.75) is 6.18 Å². The van der Waals surface area contributed by atoms with Crippen molar-refractivity contribution in [3.05, 3.63) is 48.3 Å². The van der Waals surface area contributed by atoms with Crippen LogP contribution in [-0.4, -0.2) is 10.1 Å². The number of pyridine rings is 1. The van der Waals surface area contributed by atoms with E-state index in [4.69, 9.17) is 0 Å². The van der Waals surface area contributed by atoms with Gasteiger partial charge in [-0.2, -0.15) is 13.2 Å². The minimum atomic E-state index is -4.49. The lowest BCUT2D eigenvalue weighted by atomic mass is 10.1. The highest BCUT2D eigenvalue weighted by Crippen LogP contribution is 2.33. The summed E-state index contributed by atoms with van der Waals surface area (Å²) < 4.78 is 37.4. The number of nitrogens with zero attached hydrogens (tertiary/aromatic N) is 1. The van der Waals surface area contributed by atoms with Gasteiger partial charge in [-0.25, -0.2) is 0 Å². The van der Waals surface area contributed by atoms with Crippen molar-refractivity contribution in [1.82, 2.24) is 4.98 Å². The Labute approximate surface area is 95.4 Å². The molecule has 1 N–H and O–H groups in total. The predicted octanol–water partition coefficient (Wildman–Crippen LogP) is 3.47. The van der Waals surface area contributed by atoms with E-state index in [9.17, 15) is 18.3 Å². The molecule has 2 aromatic rings. The number of aromatic hydroxyl groups is 1. The van der Waals surface area contributed by atoms with Crippen molar-refractivity contribution in [2.75, 3.05) is 0 Å². The molecule has 0 amide bonds. The second-order valence-electron chi connectivity index (χ2n) is 3.44. The summed E-state index contributed by atoms with van der Waals surface area (Å²) in [4.78, 5) is 3.26. The lowest BCUT2D eigenvalue weighted by Crippen LogP contribution is -2.07. The van der Waals surface area contributed by atoms with E-state index in [1.54, 1.807) is 18.2 Å². The number of rotatable bonds is 1. The molecule has 88 valence electrons. The zero-order valence-electron chi connectivity index (χ0n) is 8.57. The van der Waals surface area contributed by atoms with Gasteiger partial charge in [-0.3, -0.25) is 4.98 Å². The van der Waals surface area contributed by atoms with Gasteiger partial charge in [0.1, 0.15) is 11.4 Å². The molecule has 2 nitrogen and oxygen atoms in total. The van der Waals surface area contributed by atoms with Crippen LogP contribution in [0.25, 0.3) is 11.1 Å². The van der Waals surface area contributed by atoms with Crippen molar-refractivity contribution in [3.63, 3.8) is 0 Å². The summed E-state index contributed by atoms with van der Waals surface area (Å²) in [5, 5.41) is 9.56. The molecule has 5 heteroatoms. The molecule has 0 atom stereocenters. The van der Waals surface area contributed by atoms with Gasteiger partial charge in [-0.15, -0.1) is 0 Å². The molecule has 0 saturated heterocycles. The Morgan fingerprint density at radius 2 is 1.76 bits per heavy atom. The van der Waals surface area contributed by atoms with Gasteiger partial charge >= 0.3 is 6.18 Å². The third-order valence-corrected chi connectivity index (χ3v) is 2.27. The monoisotopic (exact) mass is 239 g/mol. The van der Waals surface area contributed by atoms with Crippen molar-refractivity contribution in [3.8, 4) is 16.9 Å². The highest BCUT2D eigenvalue weighted by molar-refractivity contribution is 5.69. The zero-order valence-corrected chi connectivity index (χ0v) is 8.57. The first-order chi connectivity index (χ1) is 7.98. The van der Waals surface area contributed by atoms with Gasteiger partial charge in [0.05, 0.1) is 0 Å². The topological polar surface area (TPSA) is 33.1 Å². The molecule has 2 rings (SSSR count). The van der Waals surface area contributed by atoms with Gasteiger partial charge in [0.25, 0.3) is 0 Å². The summed E-state index contributed by atoms with van der Waals surface area (Å²) in [6.45, 7) is 0. The van der Waals surface area contributed by atoms with E-state index in [0.717, 1.165) is 12.3 Å². The highest BCUT2D eigenvalue weighted by atomic mass is 19.4. The maximum atomic E-state index is 12.5. The summed E-state index contributed by atoms with van der Waals surface area (Å²) in [6.07, 6.45) is -3.41. The molecule has 1 heterocycles. The fourth-order valence-corrected chi connectivity index (χ4v) is 1.47. The van der Waals surface area contributed by atoms with Crippen LogP contribution < -0.4 is 0 Å². The fourth-order valence-electron chi connectivity index (χ4n) is 1.47. The van der Waals surface area contributed by atoms with Gasteiger partial charge in [0.2, 0.25) is 0 Å². The Hall–Kier alpha value is -2.04. The van der Waals surface area contributed by atoms with Gasteiger partial charge in [0, 0.05) is 11.8 Å². The maximum Gasteiger partial charge on any atom is 0.433 e. The number of phenolic OH excluding ortho intramolecular Hbond substituents is 1. The molecule has 0 bridgehead atoms. The van der Waals surface area contributed by atoms with Gasteiger partial charge in [0.15, 0.2) is 0 Å². The van der Waals surface area contributed by atoms with Crippen LogP contribution in [0.5, 0.6) is 5.75 Å². The Balaban J connectivity index is 2.51. The van der Waals surface area contributed by atoms with Gasteiger partial charge in [-0.05, 0) is 23.8 Å².